The molecule has 0 aliphatic rings. The number of ether oxygens (including phenoxy) is 1. The standard InChI is InChI=1S/C15H25NOS/c1-4-7-12(3)11-17-14-8-6-9-15(18-5-2)13(14)10-16/h6,8-9,12H,4-5,7,10-11,16H2,1-3H3. The first-order valence-electron chi connectivity index (χ1n) is 6.80. The smallest absolute Gasteiger partial charge is 0.124 e. The molecule has 18 heavy (non-hydrogen) atoms. The minimum atomic E-state index is 0.542. The van der Waals surface area contributed by atoms with Gasteiger partial charge in [-0.3, -0.25) is 0 Å². The fourth-order valence-corrected chi connectivity index (χ4v) is 2.82. The molecule has 0 aliphatic heterocycles. The molecule has 0 amide bonds. The molecule has 102 valence electrons. The second-order valence-corrected chi connectivity index (χ2v) is 5.88. The minimum absolute atomic E-state index is 0.542. The molecule has 1 atom stereocenters. The third-order valence-corrected chi connectivity index (χ3v) is 3.88. The van der Waals surface area contributed by atoms with Gasteiger partial charge in [-0.1, -0.05) is 33.3 Å². The molecule has 0 bridgehead atoms. The highest BCUT2D eigenvalue weighted by Crippen LogP contribution is 2.30. The Labute approximate surface area is 115 Å². The summed E-state index contributed by atoms with van der Waals surface area (Å²) in [5.74, 6) is 2.62. The molecule has 0 aliphatic carbocycles. The second kappa shape index (κ2) is 8.44. The summed E-state index contributed by atoms with van der Waals surface area (Å²) in [6, 6.07) is 6.20. The average Bonchev–Trinajstić information content (AvgIpc) is 2.37. The van der Waals surface area contributed by atoms with E-state index in [4.69, 9.17) is 10.5 Å². The van der Waals surface area contributed by atoms with Gasteiger partial charge in [-0.05, 0) is 30.2 Å². The Hall–Kier alpha value is -0.670. The molecule has 3 heteroatoms. The van der Waals surface area contributed by atoms with Crippen molar-refractivity contribution < 1.29 is 4.74 Å². The van der Waals surface area contributed by atoms with Crippen molar-refractivity contribution in [2.45, 2.75) is 45.1 Å². The molecule has 1 aromatic rings. The van der Waals surface area contributed by atoms with Crippen LogP contribution in [0.2, 0.25) is 0 Å². The summed E-state index contributed by atoms with van der Waals surface area (Å²) < 4.78 is 5.94. The van der Waals surface area contributed by atoms with E-state index in [0.717, 1.165) is 23.7 Å². The van der Waals surface area contributed by atoms with Crippen molar-refractivity contribution in [2.24, 2.45) is 11.7 Å². The van der Waals surface area contributed by atoms with Gasteiger partial charge in [0.25, 0.3) is 0 Å². The Morgan fingerprint density at radius 3 is 2.72 bits per heavy atom. The quantitative estimate of drug-likeness (QED) is 0.721. The third kappa shape index (κ3) is 4.54. The van der Waals surface area contributed by atoms with Crippen molar-refractivity contribution in [1.82, 2.24) is 0 Å². The summed E-state index contributed by atoms with van der Waals surface area (Å²) in [7, 11) is 0. The molecular weight excluding hydrogens is 242 g/mol. The van der Waals surface area contributed by atoms with E-state index in [-0.39, 0.29) is 0 Å². The predicted molar refractivity (Wildman–Crippen MR) is 80.3 cm³/mol. The lowest BCUT2D eigenvalue weighted by Gasteiger charge is -2.16. The molecular formula is C15H25NOS. The van der Waals surface area contributed by atoms with Crippen molar-refractivity contribution in [3.05, 3.63) is 23.8 Å². The van der Waals surface area contributed by atoms with Gasteiger partial charge in [0.1, 0.15) is 5.75 Å². The molecule has 1 rings (SSSR count). The van der Waals surface area contributed by atoms with Crippen molar-refractivity contribution >= 4 is 11.8 Å². The average molecular weight is 267 g/mol. The number of nitrogens with two attached hydrogens (primary N) is 1. The van der Waals surface area contributed by atoms with Gasteiger partial charge in [-0.25, -0.2) is 0 Å². The van der Waals surface area contributed by atoms with E-state index in [1.165, 1.54) is 17.7 Å². The zero-order valence-electron chi connectivity index (χ0n) is 11.7. The van der Waals surface area contributed by atoms with Crippen molar-refractivity contribution in [2.75, 3.05) is 12.4 Å². The molecule has 0 spiro atoms. The maximum Gasteiger partial charge on any atom is 0.124 e. The van der Waals surface area contributed by atoms with E-state index in [0.29, 0.717) is 12.5 Å². The van der Waals surface area contributed by atoms with Crippen LogP contribution in [0.25, 0.3) is 0 Å². The number of hydrogen-bond donors (Lipinski definition) is 1. The highest BCUT2D eigenvalue weighted by molar-refractivity contribution is 7.99. The fourth-order valence-electron chi connectivity index (χ4n) is 1.98. The Bertz CT molecular complexity index is 354. The van der Waals surface area contributed by atoms with Crippen LogP contribution in [-0.2, 0) is 6.54 Å². The molecule has 0 saturated heterocycles. The molecule has 2 N–H and O–H groups in total. The minimum Gasteiger partial charge on any atom is -0.493 e. The highest BCUT2D eigenvalue weighted by Gasteiger charge is 2.09. The normalized spacial score (nSPS) is 12.4. The van der Waals surface area contributed by atoms with E-state index >= 15 is 0 Å². The Morgan fingerprint density at radius 2 is 2.11 bits per heavy atom. The maximum atomic E-state index is 5.94. The molecule has 1 unspecified atom stereocenters. The molecule has 1 aromatic carbocycles. The summed E-state index contributed by atoms with van der Waals surface area (Å²) in [6.07, 6.45) is 2.42. The van der Waals surface area contributed by atoms with Gasteiger partial charge in [0, 0.05) is 17.0 Å². The Balaban J connectivity index is 2.72. The van der Waals surface area contributed by atoms with E-state index in [9.17, 15) is 0 Å². The predicted octanol–water partition coefficient (Wildman–Crippen LogP) is 4.07. The first-order chi connectivity index (χ1) is 8.72. The molecule has 2 nitrogen and oxygen atoms in total. The van der Waals surface area contributed by atoms with Gasteiger partial charge in [0.2, 0.25) is 0 Å². The second-order valence-electron chi connectivity index (χ2n) is 4.57. The van der Waals surface area contributed by atoms with Crippen LogP contribution in [0.4, 0.5) is 0 Å². The van der Waals surface area contributed by atoms with Crippen LogP contribution in [-0.4, -0.2) is 12.4 Å². The van der Waals surface area contributed by atoms with Crippen molar-refractivity contribution in [3.63, 3.8) is 0 Å². The van der Waals surface area contributed by atoms with Crippen LogP contribution in [0.15, 0.2) is 23.1 Å². The summed E-state index contributed by atoms with van der Waals surface area (Å²) in [5.41, 5.74) is 7.00. The lowest BCUT2D eigenvalue weighted by molar-refractivity contribution is 0.249. The first-order valence-corrected chi connectivity index (χ1v) is 7.79. The number of rotatable bonds is 8. The zero-order valence-corrected chi connectivity index (χ0v) is 12.6. The van der Waals surface area contributed by atoms with Crippen LogP contribution in [0.5, 0.6) is 5.75 Å². The van der Waals surface area contributed by atoms with Gasteiger partial charge in [0.05, 0.1) is 6.61 Å². The zero-order chi connectivity index (χ0) is 13.4. The molecule has 0 heterocycles. The lowest BCUT2D eigenvalue weighted by atomic mass is 10.1. The van der Waals surface area contributed by atoms with Gasteiger partial charge < -0.3 is 10.5 Å². The number of hydrogen-bond acceptors (Lipinski definition) is 3. The largest absolute Gasteiger partial charge is 0.493 e. The van der Waals surface area contributed by atoms with Gasteiger partial charge >= 0.3 is 0 Å². The summed E-state index contributed by atoms with van der Waals surface area (Å²) in [4.78, 5) is 1.25. The van der Waals surface area contributed by atoms with Crippen LogP contribution < -0.4 is 10.5 Å². The fraction of sp³-hybridized carbons (Fsp3) is 0.600. The Morgan fingerprint density at radius 1 is 1.33 bits per heavy atom. The molecule has 0 fully saturated rings. The topological polar surface area (TPSA) is 35.2 Å². The molecule has 0 aromatic heterocycles. The number of benzene rings is 1. The van der Waals surface area contributed by atoms with E-state index < -0.39 is 0 Å². The summed E-state index contributed by atoms with van der Waals surface area (Å²) in [5, 5.41) is 0. The van der Waals surface area contributed by atoms with Crippen LogP contribution in [0, 0.1) is 5.92 Å². The van der Waals surface area contributed by atoms with E-state index in [2.05, 4.69) is 32.9 Å². The molecule has 0 radical (unpaired) electrons. The SMILES string of the molecule is CCCC(C)COc1cccc(SCC)c1CN. The van der Waals surface area contributed by atoms with Gasteiger partial charge in [0.15, 0.2) is 0 Å². The summed E-state index contributed by atoms with van der Waals surface area (Å²) in [6.45, 7) is 7.92. The Kier molecular flexibility index (Phi) is 7.21. The number of thioether (sulfide) groups is 1. The molecule has 0 saturated carbocycles. The highest BCUT2D eigenvalue weighted by atomic mass is 32.2. The van der Waals surface area contributed by atoms with Crippen LogP contribution in [0.1, 0.15) is 39.2 Å². The first kappa shape index (κ1) is 15.4. The van der Waals surface area contributed by atoms with E-state index in [1.54, 1.807) is 0 Å². The summed E-state index contributed by atoms with van der Waals surface area (Å²) >= 11 is 1.83. The van der Waals surface area contributed by atoms with Crippen molar-refractivity contribution in [1.29, 1.82) is 0 Å². The van der Waals surface area contributed by atoms with Gasteiger partial charge in [-0.2, -0.15) is 0 Å². The lowest BCUT2D eigenvalue weighted by Crippen LogP contribution is -2.11. The van der Waals surface area contributed by atoms with Crippen molar-refractivity contribution in [3.8, 4) is 5.75 Å². The van der Waals surface area contributed by atoms with Crippen LogP contribution in [0.3, 0.4) is 0 Å². The third-order valence-electron chi connectivity index (χ3n) is 2.90. The van der Waals surface area contributed by atoms with Crippen LogP contribution >= 0.6 is 11.8 Å². The van der Waals surface area contributed by atoms with Gasteiger partial charge in [-0.15, -0.1) is 11.8 Å². The maximum absolute atomic E-state index is 5.94. The van der Waals surface area contributed by atoms with E-state index in [1.807, 2.05) is 17.8 Å². The monoisotopic (exact) mass is 267 g/mol.